The van der Waals surface area contributed by atoms with Crippen LogP contribution in [0.4, 0.5) is 0 Å². The fourth-order valence-electron chi connectivity index (χ4n) is 5.13. The lowest BCUT2D eigenvalue weighted by atomic mass is 10.0. The van der Waals surface area contributed by atoms with E-state index in [1.165, 1.54) is 27.2 Å². The third-order valence-corrected chi connectivity index (χ3v) is 6.93. The van der Waals surface area contributed by atoms with E-state index in [4.69, 9.17) is 11.6 Å². The topological polar surface area (TPSA) is 30.7 Å². The molecule has 2 aromatic heterocycles. The van der Waals surface area contributed by atoms with Crippen molar-refractivity contribution in [1.29, 1.82) is 0 Å². The lowest BCUT2D eigenvalue weighted by molar-refractivity contribution is 1.17. The molecule has 3 nitrogen and oxygen atoms in total. The maximum atomic E-state index is 6.42. The van der Waals surface area contributed by atoms with E-state index < -0.39 is 0 Å². The van der Waals surface area contributed by atoms with Gasteiger partial charge in [-0.3, -0.25) is 0 Å². The van der Waals surface area contributed by atoms with Crippen LogP contribution in [0.15, 0.2) is 121 Å². The van der Waals surface area contributed by atoms with Gasteiger partial charge in [-0.05, 0) is 52.7 Å². The minimum atomic E-state index is 0.238. The Bertz CT molecular complexity index is 1840. The molecule has 0 atom stereocenters. The summed E-state index contributed by atoms with van der Waals surface area (Å²) in [5.74, 6) is 0. The average Bonchev–Trinajstić information content (AvgIpc) is 3.27. The van der Waals surface area contributed by atoms with Crippen LogP contribution in [0.1, 0.15) is 0 Å². The normalized spacial score (nSPS) is 11.5. The number of hydrogen-bond donors (Lipinski definition) is 0. The minimum absolute atomic E-state index is 0.238. The van der Waals surface area contributed by atoms with E-state index in [2.05, 4.69) is 112 Å². The first-order valence-corrected chi connectivity index (χ1v) is 12.3. The van der Waals surface area contributed by atoms with Gasteiger partial charge in [0.2, 0.25) is 5.28 Å². The number of halogens is 1. The molecule has 0 spiro atoms. The highest BCUT2D eigenvalue weighted by Gasteiger charge is 2.13. The first-order chi connectivity index (χ1) is 17.8. The van der Waals surface area contributed by atoms with Crippen LogP contribution in [0.5, 0.6) is 0 Å². The van der Waals surface area contributed by atoms with E-state index >= 15 is 0 Å². The number of fused-ring (bicyclic) bond motifs is 4. The summed E-state index contributed by atoms with van der Waals surface area (Å²) in [7, 11) is 0. The first-order valence-electron chi connectivity index (χ1n) is 11.9. The maximum absolute atomic E-state index is 6.42. The smallest absolute Gasteiger partial charge is 0.223 e. The van der Waals surface area contributed by atoms with Gasteiger partial charge in [0, 0.05) is 27.6 Å². The molecule has 36 heavy (non-hydrogen) atoms. The Morgan fingerprint density at radius 3 is 1.83 bits per heavy atom. The molecule has 0 fully saturated rings. The SMILES string of the molecule is Clc1nc(-c2ccc(-n3c4ccccc4c4ccccc43)cc2)cc(-c2cccc3ccccc23)n1. The van der Waals surface area contributed by atoms with Gasteiger partial charge in [0.25, 0.3) is 0 Å². The van der Waals surface area contributed by atoms with Crippen LogP contribution in [-0.4, -0.2) is 14.5 Å². The molecule has 0 bridgehead atoms. The summed E-state index contributed by atoms with van der Waals surface area (Å²) in [5.41, 5.74) is 7.13. The van der Waals surface area contributed by atoms with Gasteiger partial charge in [-0.1, -0.05) is 91.0 Å². The summed E-state index contributed by atoms with van der Waals surface area (Å²) in [4.78, 5) is 9.11. The van der Waals surface area contributed by atoms with E-state index in [1.807, 2.05) is 24.3 Å². The Morgan fingerprint density at radius 2 is 1.11 bits per heavy atom. The molecule has 170 valence electrons. The average molecular weight is 482 g/mol. The van der Waals surface area contributed by atoms with Gasteiger partial charge in [-0.2, -0.15) is 0 Å². The zero-order chi connectivity index (χ0) is 24.1. The van der Waals surface area contributed by atoms with Gasteiger partial charge in [0.15, 0.2) is 0 Å². The summed E-state index contributed by atoms with van der Waals surface area (Å²) in [5, 5.41) is 5.05. The molecule has 0 unspecified atom stereocenters. The van der Waals surface area contributed by atoms with Gasteiger partial charge in [0.05, 0.1) is 22.4 Å². The number of hydrogen-bond acceptors (Lipinski definition) is 2. The summed E-state index contributed by atoms with van der Waals surface area (Å²) in [6.45, 7) is 0. The number of benzene rings is 5. The highest BCUT2D eigenvalue weighted by atomic mass is 35.5. The van der Waals surface area contributed by atoms with Crippen LogP contribution in [-0.2, 0) is 0 Å². The fraction of sp³-hybridized carbons (Fsp3) is 0. The van der Waals surface area contributed by atoms with E-state index in [-0.39, 0.29) is 5.28 Å². The Hall–Kier alpha value is -4.47. The molecular weight excluding hydrogens is 462 g/mol. The summed E-state index contributed by atoms with van der Waals surface area (Å²) in [6, 6.07) is 42.1. The van der Waals surface area contributed by atoms with Crippen LogP contribution >= 0.6 is 11.6 Å². The molecule has 0 aliphatic heterocycles. The molecule has 0 N–H and O–H groups in total. The van der Waals surface area contributed by atoms with Gasteiger partial charge in [0.1, 0.15) is 0 Å². The quantitative estimate of drug-likeness (QED) is 0.236. The molecular formula is C32H20ClN3. The van der Waals surface area contributed by atoms with Crippen LogP contribution in [0, 0.1) is 0 Å². The zero-order valence-electron chi connectivity index (χ0n) is 19.3. The molecule has 7 rings (SSSR count). The van der Waals surface area contributed by atoms with Crippen molar-refractivity contribution in [2.45, 2.75) is 0 Å². The summed E-state index contributed by atoms with van der Waals surface area (Å²) in [6.07, 6.45) is 0. The molecule has 7 aromatic rings. The van der Waals surface area contributed by atoms with Crippen LogP contribution in [0.3, 0.4) is 0 Å². The molecule has 4 heteroatoms. The molecule has 0 saturated heterocycles. The van der Waals surface area contributed by atoms with Crippen molar-refractivity contribution in [3.05, 3.63) is 127 Å². The van der Waals surface area contributed by atoms with Crippen LogP contribution in [0.2, 0.25) is 5.28 Å². The van der Waals surface area contributed by atoms with Crippen molar-refractivity contribution in [1.82, 2.24) is 14.5 Å². The van der Waals surface area contributed by atoms with Crippen molar-refractivity contribution in [2.75, 3.05) is 0 Å². The second-order valence-electron chi connectivity index (χ2n) is 8.85. The zero-order valence-corrected chi connectivity index (χ0v) is 20.0. The lowest BCUT2D eigenvalue weighted by Crippen LogP contribution is -1.95. The standard InChI is InChI=1S/C32H20ClN3/c33-32-34-28(20-29(35-32)25-13-7-9-21-8-1-2-10-24(21)25)22-16-18-23(19-17-22)36-30-14-5-3-11-26(30)27-12-4-6-15-31(27)36/h1-20H. The maximum Gasteiger partial charge on any atom is 0.223 e. The molecule has 0 aliphatic carbocycles. The van der Waals surface area contributed by atoms with Crippen molar-refractivity contribution < 1.29 is 0 Å². The molecule has 0 aliphatic rings. The van der Waals surface area contributed by atoms with E-state index in [1.54, 1.807) is 0 Å². The third kappa shape index (κ3) is 3.36. The predicted octanol–water partition coefficient (Wildman–Crippen LogP) is 8.71. The molecule has 5 aromatic carbocycles. The second kappa shape index (κ2) is 8.33. The van der Waals surface area contributed by atoms with E-state index in [9.17, 15) is 0 Å². The molecule has 0 radical (unpaired) electrons. The fourth-order valence-corrected chi connectivity index (χ4v) is 5.32. The van der Waals surface area contributed by atoms with Gasteiger partial charge < -0.3 is 4.57 Å². The predicted molar refractivity (Wildman–Crippen MR) is 150 cm³/mol. The number of rotatable bonds is 3. The van der Waals surface area contributed by atoms with E-state index in [0.29, 0.717) is 0 Å². The van der Waals surface area contributed by atoms with Gasteiger partial charge >= 0.3 is 0 Å². The van der Waals surface area contributed by atoms with Crippen molar-refractivity contribution in [3.63, 3.8) is 0 Å². The lowest BCUT2D eigenvalue weighted by Gasteiger charge is -2.11. The van der Waals surface area contributed by atoms with Gasteiger partial charge in [-0.25, -0.2) is 9.97 Å². The Balaban J connectivity index is 1.34. The Labute approximate surface area is 213 Å². The second-order valence-corrected chi connectivity index (χ2v) is 9.19. The third-order valence-electron chi connectivity index (χ3n) is 6.77. The van der Waals surface area contributed by atoms with Crippen LogP contribution in [0.25, 0.3) is 60.8 Å². The highest BCUT2D eigenvalue weighted by Crippen LogP contribution is 2.34. The van der Waals surface area contributed by atoms with E-state index in [0.717, 1.165) is 33.6 Å². The number of aromatic nitrogens is 3. The highest BCUT2D eigenvalue weighted by molar-refractivity contribution is 6.28. The van der Waals surface area contributed by atoms with Crippen molar-refractivity contribution in [2.24, 2.45) is 0 Å². The van der Waals surface area contributed by atoms with Gasteiger partial charge in [-0.15, -0.1) is 0 Å². The first kappa shape index (κ1) is 20.9. The summed E-state index contributed by atoms with van der Waals surface area (Å²) < 4.78 is 2.31. The number of nitrogens with zero attached hydrogens (tertiary/aromatic N) is 3. The molecule has 0 saturated carbocycles. The van der Waals surface area contributed by atoms with Crippen molar-refractivity contribution >= 4 is 44.2 Å². The number of para-hydroxylation sites is 2. The Kier molecular flexibility index (Phi) is 4.83. The van der Waals surface area contributed by atoms with Crippen molar-refractivity contribution in [3.8, 4) is 28.2 Å². The largest absolute Gasteiger partial charge is 0.309 e. The monoisotopic (exact) mass is 481 g/mol. The molecule has 0 amide bonds. The van der Waals surface area contributed by atoms with Crippen LogP contribution < -0.4 is 0 Å². The summed E-state index contributed by atoms with van der Waals surface area (Å²) >= 11 is 6.42. The Morgan fingerprint density at radius 1 is 0.528 bits per heavy atom. The minimum Gasteiger partial charge on any atom is -0.309 e. The molecule has 2 heterocycles.